The first-order valence-corrected chi connectivity index (χ1v) is 8.72. The third-order valence-corrected chi connectivity index (χ3v) is 5.14. The van der Waals surface area contributed by atoms with Crippen molar-refractivity contribution < 1.29 is 14.2 Å². The second-order valence-electron chi connectivity index (χ2n) is 6.85. The van der Waals surface area contributed by atoms with E-state index in [9.17, 15) is 4.79 Å². The molecule has 2 heterocycles. The number of benzene rings is 1. The molecule has 1 aliphatic rings. The molecule has 1 aliphatic heterocycles. The van der Waals surface area contributed by atoms with Crippen molar-refractivity contribution in [3.63, 3.8) is 0 Å². The molecule has 0 aliphatic carbocycles. The number of nitrogens with zero attached hydrogens (tertiary/aromatic N) is 2. The third kappa shape index (κ3) is 3.37. The van der Waals surface area contributed by atoms with Gasteiger partial charge in [-0.05, 0) is 33.1 Å². The van der Waals surface area contributed by atoms with E-state index in [1.165, 1.54) is 0 Å². The number of ether oxygens (including phenoxy) is 3. The first-order chi connectivity index (χ1) is 12.5. The number of aromatic nitrogens is 1. The summed E-state index contributed by atoms with van der Waals surface area (Å²) in [5.41, 5.74) is 1.28. The number of methoxy groups -OCH3 is 3. The summed E-state index contributed by atoms with van der Waals surface area (Å²) in [5, 5.41) is 0.802. The Morgan fingerprint density at radius 2 is 1.92 bits per heavy atom. The minimum absolute atomic E-state index is 0.0926. The summed E-state index contributed by atoms with van der Waals surface area (Å²) in [6.45, 7) is 2.70. The van der Waals surface area contributed by atoms with Gasteiger partial charge in [0.1, 0.15) is 0 Å². The molecular formula is C19H27N3O4. The zero-order valence-electron chi connectivity index (χ0n) is 16.1. The second-order valence-corrected chi connectivity index (χ2v) is 6.85. The average molecular weight is 361 g/mol. The SMILES string of the molecule is COc1cc2[nH]c(=O)c(CN(C)C3CCN(C)C3)cc2c(OC)c1OC. The fraction of sp³-hybridized carbons (Fsp3) is 0.526. The molecular weight excluding hydrogens is 334 g/mol. The molecule has 142 valence electrons. The van der Waals surface area contributed by atoms with Crippen LogP contribution in [0.1, 0.15) is 12.0 Å². The van der Waals surface area contributed by atoms with Crippen LogP contribution in [0.5, 0.6) is 17.2 Å². The molecule has 26 heavy (non-hydrogen) atoms. The molecule has 0 amide bonds. The first-order valence-electron chi connectivity index (χ1n) is 8.72. The van der Waals surface area contributed by atoms with Gasteiger partial charge in [0.25, 0.3) is 5.56 Å². The Morgan fingerprint density at radius 1 is 1.19 bits per heavy atom. The zero-order valence-corrected chi connectivity index (χ0v) is 16.1. The van der Waals surface area contributed by atoms with Gasteiger partial charge in [-0.3, -0.25) is 9.69 Å². The predicted molar refractivity (Wildman–Crippen MR) is 102 cm³/mol. The van der Waals surface area contributed by atoms with Crippen molar-refractivity contribution in [1.82, 2.24) is 14.8 Å². The highest BCUT2D eigenvalue weighted by Crippen LogP contribution is 2.42. The van der Waals surface area contributed by atoms with Gasteiger partial charge < -0.3 is 24.1 Å². The molecule has 1 aromatic heterocycles. The summed E-state index contributed by atoms with van der Waals surface area (Å²) in [4.78, 5) is 20.1. The van der Waals surface area contributed by atoms with Gasteiger partial charge in [0, 0.05) is 36.1 Å². The van der Waals surface area contributed by atoms with Gasteiger partial charge in [-0.1, -0.05) is 0 Å². The van der Waals surface area contributed by atoms with Gasteiger partial charge >= 0.3 is 0 Å². The number of likely N-dealkylation sites (tertiary alicyclic amines) is 1. The van der Waals surface area contributed by atoms with Crippen molar-refractivity contribution in [3.05, 3.63) is 28.0 Å². The van der Waals surface area contributed by atoms with Gasteiger partial charge in [-0.2, -0.15) is 0 Å². The summed E-state index contributed by atoms with van der Waals surface area (Å²) in [7, 11) is 8.91. The minimum Gasteiger partial charge on any atom is -0.493 e. The van der Waals surface area contributed by atoms with E-state index in [2.05, 4.69) is 28.9 Å². The number of fused-ring (bicyclic) bond motifs is 1. The molecule has 0 saturated carbocycles. The van der Waals surface area contributed by atoms with Crippen LogP contribution in [0.3, 0.4) is 0 Å². The van der Waals surface area contributed by atoms with E-state index in [1.54, 1.807) is 27.4 Å². The van der Waals surface area contributed by atoms with Crippen LogP contribution in [0, 0.1) is 0 Å². The molecule has 3 rings (SSSR count). The number of nitrogens with one attached hydrogen (secondary N) is 1. The smallest absolute Gasteiger partial charge is 0.252 e. The topological polar surface area (TPSA) is 67.0 Å². The number of likely N-dealkylation sites (N-methyl/N-ethyl adjacent to an activating group) is 2. The number of aromatic amines is 1. The molecule has 0 spiro atoms. The van der Waals surface area contributed by atoms with E-state index in [1.807, 2.05) is 6.07 Å². The van der Waals surface area contributed by atoms with Crippen LogP contribution in [0.2, 0.25) is 0 Å². The number of hydrogen-bond acceptors (Lipinski definition) is 6. The van der Waals surface area contributed by atoms with E-state index in [4.69, 9.17) is 14.2 Å². The van der Waals surface area contributed by atoms with Crippen LogP contribution >= 0.6 is 0 Å². The lowest BCUT2D eigenvalue weighted by Crippen LogP contribution is -2.34. The Bertz CT molecular complexity index is 849. The molecule has 7 nitrogen and oxygen atoms in total. The molecule has 1 aromatic carbocycles. The van der Waals surface area contributed by atoms with Gasteiger partial charge in [-0.15, -0.1) is 0 Å². The highest BCUT2D eigenvalue weighted by molar-refractivity contribution is 5.90. The Kier molecular flexibility index (Phi) is 5.38. The molecule has 0 radical (unpaired) electrons. The summed E-state index contributed by atoms with van der Waals surface area (Å²) in [5.74, 6) is 1.60. The van der Waals surface area contributed by atoms with E-state index in [-0.39, 0.29) is 5.56 Å². The van der Waals surface area contributed by atoms with Crippen molar-refractivity contribution in [2.45, 2.75) is 19.0 Å². The summed E-state index contributed by atoms with van der Waals surface area (Å²) >= 11 is 0. The lowest BCUT2D eigenvalue weighted by Gasteiger charge is -2.24. The predicted octanol–water partition coefficient (Wildman–Crippen LogP) is 1.69. The Labute approximate surface area is 153 Å². The van der Waals surface area contributed by atoms with Crippen LogP contribution < -0.4 is 19.8 Å². The highest BCUT2D eigenvalue weighted by atomic mass is 16.5. The summed E-state index contributed by atoms with van der Waals surface area (Å²) in [6, 6.07) is 4.11. The maximum atomic E-state index is 12.6. The Morgan fingerprint density at radius 3 is 2.50 bits per heavy atom. The number of H-pyrrole nitrogens is 1. The third-order valence-electron chi connectivity index (χ3n) is 5.14. The highest BCUT2D eigenvalue weighted by Gasteiger charge is 2.24. The Balaban J connectivity index is 2.02. The standard InChI is InChI=1S/C19H27N3O4/c1-21-7-6-13(11-21)22(2)10-12-8-14-15(20-19(12)23)9-16(24-3)18(26-5)17(14)25-4/h8-9,13H,6-7,10-11H2,1-5H3,(H,20,23). The van der Waals surface area contributed by atoms with Gasteiger partial charge in [0.2, 0.25) is 5.75 Å². The Hall–Kier alpha value is -2.25. The fourth-order valence-electron chi connectivity index (χ4n) is 3.65. The van der Waals surface area contributed by atoms with Crippen LogP contribution in [0.15, 0.2) is 16.9 Å². The molecule has 7 heteroatoms. The maximum absolute atomic E-state index is 12.6. The van der Waals surface area contributed by atoms with E-state index >= 15 is 0 Å². The minimum atomic E-state index is -0.0926. The molecule has 1 N–H and O–H groups in total. The van der Waals surface area contributed by atoms with Gasteiger partial charge in [0.05, 0.1) is 26.8 Å². The van der Waals surface area contributed by atoms with Crippen LogP contribution in [-0.2, 0) is 6.54 Å². The van der Waals surface area contributed by atoms with E-state index < -0.39 is 0 Å². The monoisotopic (exact) mass is 361 g/mol. The molecule has 0 bridgehead atoms. The lowest BCUT2D eigenvalue weighted by molar-refractivity contribution is 0.233. The molecule has 1 saturated heterocycles. The van der Waals surface area contributed by atoms with Crippen LogP contribution in [0.25, 0.3) is 10.9 Å². The summed E-state index contributed by atoms with van der Waals surface area (Å²) in [6.07, 6.45) is 1.12. The lowest BCUT2D eigenvalue weighted by atomic mass is 10.1. The van der Waals surface area contributed by atoms with E-state index in [0.29, 0.717) is 40.9 Å². The van der Waals surface area contributed by atoms with Crippen molar-refractivity contribution in [2.24, 2.45) is 0 Å². The van der Waals surface area contributed by atoms with Crippen molar-refractivity contribution in [2.75, 3.05) is 48.5 Å². The molecule has 1 unspecified atom stereocenters. The van der Waals surface area contributed by atoms with Crippen molar-refractivity contribution in [3.8, 4) is 17.2 Å². The first kappa shape index (κ1) is 18.5. The number of pyridine rings is 1. The van der Waals surface area contributed by atoms with Crippen LogP contribution in [-0.4, -0.2) is 69.3 Å². The van der Waals surface area contributed by atoms with Crippen molar-refractivity contribution >= 4 is 10.9 Å². The van der Waals surface area contributed by atoms with E-state index in [0.717, 1.165) is 24.9 Å². The van der Waals surface area contributed by atoms with Crippen LogP contribution in [0.4, 0.5) is 0 Å². The number of rotatable bonds is 6. The largest absolute Gasteiger partial charge is 0.493 e. The molecule has 2 aromatic rings. The average Bonchev–Trinajstić information content (AvgIpc) is 3.07. The molecule has 1 atom stereocenters. The van der Waals surface area contributed by atoms with Crippen molar-refractivity contribution in [1.29, 1.82) is 0 Å². The normalized spacial score (nSPS) is 17.8. The molecule has 1 fully saturated rings. The zero-order chi connectivity index (χ0) is 18.8. The second kappa shape index (κ2) is 7.55. The summed E-state index contributed by atoms with van der Waals surface area (Å²) < 4.78 is 16.4. The fourth-order valence-corrected chi connectivity index (χ4v) is 3.65. The number of hydrogen-bond donors (Lipinski definition) is 1. The maximum Gasteiger partial charge on any atom is 0.252 e. The quantitative estimate of drug-likeness (QED) is 0.845. The van der Waals surface area contributed by atoms with Gasteiger partial charge in [0.15, 0.2) is 11.5 Å². The van der Waals surface area contributed by atoms with Gasteiger partial charge in [-0.25, -0.2) is 0 Å².